The monoisotopic (exact) mass is 372 g/mol. The van der Waals surface area contributed by atoms with Crippen LogP contribution in [-0.4, -0.2) is 66.8 Å². The molecule has 2 heterocycles. The third kappa shape index (κ3) is 3.05. The molecule has 4 atom stereocenters. The molecule has 2 aliphatic heterocycles. The van der Waals surface area contributed by atoms with Crippen LogP contribution < -0.4 is 4.74 Å². The van der Waals surface area contributed by atoms with Crippen molar-refractivity contribution in [2.75, 3.05) is 33.8 Å². The molecule has 0 unspecified atom stereocenters. The van der Waals surface area contributed by atoms with Gasteiger partial charge in [0.15, 0.2) is 0 Å². The van der Waals surface area contributed by atoms with Gasteiger partial charge in [0.05, 0.1) is 7.11 Å². The average molecular weight is 373 g/mol. The van der Waals surface area contributed by atoms with Crippen LogP contribution in [0.1, 0.15) is 43.7 Å². The number of methoxy groups -OCH3 is 1. The highest BCUT2D eigenvalue weighted by atomic mass is 16.5. The van der Waals surface area contributed by atoms with Gasteiger partial charge in [-0.3, -0.25) is 9.69 Å². The summed E-state index contributed by atoms with van der Waals surface area (Å²) in [5.41, 5.74) is 3.01. The van der Waals surface area contributed by atoms with Crippen LogP contribution in [0.2, 0.25) is 0 Å². The highest BCUT2D eigenvalue weighted by Crippen LogP contribution is 2.51. The number of hydrogen-bond donors (Lipinski definition) is 1. The zero-order chi connectivity index (χ0) is 19.2. The SMILES string of the molecule is COc1ccc2c(c1)[C@]1(CCN3CCC[C@@H]3C(=O)O)CCN(C)[C@H](C2)[C@@H]1C. The first-order valence-corrected chi connectivity index (χ1v) is 10.3. The van der Waals surface area contributed by atoms with Gasteiger partial charge in [0.2, 0.25) is 0 Å². The van der Waals surface area contributed by atoms with Crippen molar-refractivity contribution in [3.05, 3.63) is 29.3 Å². The first-order chi connectivity index (χ1) is 13.0. The van der Waals surface area contributed by atoms with Crippen molar-refractivity contribution >= 4 is 5.97 Å². The molecule has 5 heteroatoms. The number of hydrogen-bond acceptors (Lipinski definition) is 4. The maximum Gasteiger partial charge on any atom is 0.320 e. The summed E-state index contributed by atoms with van der Waals surface area (Å²) in [7, 11) is 3.99. The molecule has 2 saturated heterocycles. The molecule has 1 aliphatic carbocycles. The van der Waals surface area contributed by atoms with Crippen LogP contribution in [0.5, 0.6) is 5.75 Å². The Balaban J connectivity index is 1.67. The molecule has 0 saturated carbocycles. The van der Waals surface area contributed by atoms with E-state index in [1.165, 1.54) is 11.1 Å². The molecular weight excluding hydrogens is 340 g/mol. The minimum absolute atomic E-state index is 0.116. The molecule has 0 radical (unpaired) electrons. The summed E-state index contributed by atoms with van der Waals surface area (Å²) in [5, 5.41) is 9.54. The molecule has 27 heavy (non-hydrogen) atoms. The predicted molar refractivity (Wildman–Crippen MR) is 105 cm³/mol. The molecule has 1 N–H and O–H groups in total. The molecule has 5 nitrogen and oxygen atoms in total. The van der Waals surface area contributed by atoms with Crippen molar-refractivity contribution in [3.8, 4) is 5.75 Å². The number of nitrogens with zero attached hydrogens (tertiary/aromatic N) is 2. The standard InChI is InChI=1S/C22H32N2O3/c1-15-20-13-16-6-7-17(27-3)14-18(16)22(15,8-11-23(20)2)9-12-24-10-4-5-19(24)21(25)26/h6-7,14-15,19-20H,4-5,8-13H2,1-3H3,(H,25,26)/t15-,19+,20+,22-/m0/s1. The lowest BCUT2D eigenvalue weighted by molar-refractivity contribution is -0.142. The normalized spacial score (nSPS) is 33.7. The number of carbonyl (C=O) groups is 1. The third-order valence-electron chi connectivity index (χ3n) is 7.70. The Labute approximate surface area is 162 Å². The lowest BCUT2D eigenvalue weighted by Crippen LogP contribution is -2.58. The Bertz CT molecular complexity index is 722. The van der Waals surface area contributed by atoms with E-state index in [9.17, 15) is 9.90 Å². The maximum atomic E-state index is 11.6. The largest absolute Gasteiger partial charge is 0.497 e. The highest BCUT2D eigenvalue weighted by molar-refractivity contribution is 5.73. The Morgan fingerprint density at radius 1 is 1.37 bits per heavy atom. The zero-order valence-electron chi connectivity index (χ0n) is 16.8. The van der Waals surface area contributed by atoms with E-state index in [2.05, 4.69) is 42.0 Å². The van der Waals surface area contributed by atoms with Crippen molar-refractivity contribution in [2.45, 2.75) is 56.5 Å². The second-order valence-corrected chi connectivity index (χ2v) is 8.75. The Kier molecular flexibility index (Phi) is 4.93. The minimum Gasteiger partial charge on any atom is -0.497 e. The summed E-state index contributed by atoms with van der Waals surface area (Å²) < 4.78 is 5.55. The highest BCUT2D eigenvalue weighted by Gasteiger charge is 2.50. The molecular formula is C22H32N2O3. The maximum absolute atomic E-state index is 11.6. The third-order valence-corrected chi connectivity index (χ3v) is 7.70. The molecule has 2 fully saturated rings. The molecule has 2 bridgehead atoms. The van der Waals surface area contributed by atoms with Gasteiger partial charge in [0.25, 0.3) is 0 Å². The van der Waals surface area contributed by atoms with Crippen LogP contribution in [0.25, 0.3) is 0 Å². The summed E-state index contributed by atoms with van der Waals surface area (Å²) in [6.45, 7) is 5.29. The summed E-state index contributed by atoms with van der Waals surface area (Å²) >= 11 is 0. The molecule has 0 spiro atoms. The van der Waals surface area contributed by atoms with Crippen LogP contribution in [-0.2, 0) is 16.6 Å². The first kappa shape index (κ1) is 18.8. The van der Waals surface area contributed by atoms with Crippen LogP contribution >= 0.6 is 0 Å². The topological polar surface area (TPSA) is 53.0 Å². The van der Waals surface area contributed by atoms with E-state index in [4.69, 9.17) is 4.74 Å². The zero-order valence-corrected chi connectivity index (χ0v) is 16.8. The smallest absolute Gasteiger partial charge is 0.320 e. The summed E-state index contributed by atoms with van der Waals surface area (Å²) in [6.07, 6.45) is 5.04. The lowest BCUT2D eigenvalue weighted by atomic mass is 9.56. The van der Waals surface area contributed by atoms with Crippen LogP contribution in [0, 0.1) is 5.92 Å². The first-order valence-electron chi connectivity index (χ1n) is 10.3. The van der Waals surface area contributed by atoms with E-state index in [-0.39, 0.29) is 11.5 Å². The number of fused-ring (bicyclic) bond motifs is 4. The summed E-state index contributed by atoms with van der Waals surface area (Å²) in [6, 6.07) is 6.85. The number of carboxylic acids is 1. The minimum atomic E-state index is -0.662. The number of rotatable bonds is 5. The Morgan fingerprint density at radius 3 is 2.93 bits per heavy atom. The molecule has 0 aromatic heterocycles. The van der Waals surface area contributed by atoms with E-state index in [0.717, 1.165) is 57.5 Å². The van der Waals surface area contributed by atoms with Gasteiger partial charge in [-0.2, -0.15) is 0 Å². The summed E-state index contributed by atoms with van der Waals surface area (Å²) in [4.78, 5) is 16.3. The number of benzene rings is 1. The van der Waals surface area contributed by atoms with Crippen LogP contribution in [0.15, 0.2) is 18.2 Å². The number of likely N-dealkylation sites (N-methyl/N-ethyl adjacent to an activating group) is 1. The fourth-order valence-electron chi connectivity index (χ4n) is 5.99. The van der Waals surface area contributed by atoms with Crippen molar-refractivity contribution in [1.82, 2.24) is 9.80 Å². The van der Waals surface area contributed by atoms with Crippen molar-refractivity contribution in [1.29, 1.82) is 0 Å². The van der Waals surface area contributed by atoms with E-state index in [0.29, 0.717) is 12.0 Å². The summed E-state index contributed by atoms with van der Waals surface area (Å²) in [5.74, 6) is 0.828. The van der Waals surface area contributed by atoms with E-state index < -0.39 is 5.97 Å². The Hall–Kier alpha value is -1.59. The van der Waals surface area contributed by atoms with Gasteiger partial charge in [-0.05, 0) is 88.0 Å². The number of likely N-dealkylation sites (tertiary alicyclic amines) is 2. The van der Waals surface area contributed by atoms with Crippen molar-refractivity contribution in [3.63, 3.8) is 0 Å². The van der Waals surface area contributed by atoms with Gasteiger partial charge >= 0.3 is 5.97 Å². The van der Waals surface area contributed by atoms with Gasteiger partial charge in [-0.25, -0.2) is 0 Å². The van der Waals surface area contributed by atoms with Crippen molar-refractivity contribution < 1.29 is 14.6 Å². The molecule has 1 aromatic carbocycles. The van der Waals surface area contributed by atoms with E-state index in [1.807, 2.05) is 0 Å². The number of piperidine rings is 1. The fraction of sp³-hybridized carbons (Fsp3) is 0.682. The van der Waals surface area contributed by atoms with Crippen LogP contribution in [0.4, 0.5) is 0 Å². The second kappa shape index (κ2) is 7.10. The molecule has 1 aromatic rings. The molecule has 0 amide bonds. The van der Waals surface area contributed by atoms with Crippen molar-refractivity contribution in [2.24, 2.45) is 5.92 Å². The van der Waals surface area contributed by atoms with Crippen LogP contribution in [0.3, 0.4) is 0 Å². The van der Waals surface area contributed by atoms with Gasteiger partial charge < -0.3 is 14.7 Å². The van der Waals surface area contributed by atoms with E-state index in [1.54, 1.807) is 7.11 Å². The van der Waals surface area contributed by atoms with Gasteiger partial charge in [0.1, 0.15) is 11.8 Å². The van der Waals surface area contributed by atoms with E-state index >= 15 is 0 Å². The second-order valence-electron chi connectivity index (χ2n) is 8.75. The van der Waals surface area contributed by atoms with Gasteiger partial charge in [-0.15, -0.1) is 0 Å². The van der Waals surface area contributed by atoms with Gasteiger partial charge in [-0.1, -0.05) is 13.0 Å². The molecule has 148 valence electrons. The number of aliphatic carboxylic acids is 1. The Morgan fingerprint density at radius 2 is 2.19 bits per heavy atom. The van der Waals surface area contributed by atoms with Gasteiger partial charge in [0, 0.05) is 11.5 Å². The average Bonchev–Trinajstić information content (AvgIpc) is 3.13. The molecule has 3 aliphatic rings. The quantitative estimate of drug-likeness (QED) is 0.861. The number of carboxylic acid groups (broad SMARTS) is 1. The number of ether oxygens (including phenoxy) is 1. The fourth-order valence-corrected chi connectivity index (χ4v) is 5.99. The molecule has 4 rings (SSSR count). The lowest BCUT2D eigenvalue weighted by Gasteiger charge is -2.55. The predicted octanol–water partition coefficient (Wildman–Crippen LogP) is 2.77.